The van der Waals surface area contributed by atoms with Crippen LogP contribution >= 0.6 is 0 Å². The van der Waals surface area contributed by atoms with E-state index in [2.05, 4.69) is 65.6 Å². The van der Waals surface area contributed by atoms with Crippen molar-refractivity contribution in [1.29, 1.82) is 0 Å². The van der Waals surface area contributed by atoms with Gasteiger partial charge in [-0.2, -0.15) is 0 Å². The van der Waals surface area contributed by atoms with E-state index in [-0.39, 0.29) is 6.04 Å². The molecule has 2 nitrogen and oxygen atoms in total. The number of rotatable bonds is 4. The summed E-state index contributed by atoms with van der Waals surface area (Å²) in [6, 6.07) is 19.3. The van der Waals surface area contributed by atoms with E-state index in [0.717, 1.165) is 6.54 Å². The van der Waals surface area contributed by atoms with Crippen molar-refractivity contribution in [2.24, 2.45) is 5.73 Å². The van der Waals surface area contributed by atoms with E-state index in [9.17, 15) is 0 Å². The number of aryl methyl sites for hydroxylation is 1. The zero-order chi connectivity index (χ0) is 14.5. The molecule has 0 bridgehead atoms. The van der Waals surface area contributed by atoms with E-state index in [1.165, 1.54) is 29.7 Å². The number of benzene rings is 2. The smallest absolute Gasteiger partial charge is 0.0598 e. The van der Waals surface area contributed by atoms with Crippen LogP contribution in [0.15, 0.2) is 60.7 Å². The third kappa shape index (κ3) is 3.17. The van der Waals surface area contributed by atoms with Crippen molar-refractivity contribution < 1.29 is 0 Å². The van der Waals surface area contributed by atoms with Gasteiger partial charge in [-0.05, 0) is 30.0 Å². The highest BCUT2D eigenvalue weighted by Crippen LogP contribution is 2.28. The molecule has 1 unspecified atom stereocenters. The summed E-state index contributed by atoms with van der Waals surface area (Å²) < 4.78 is 0. The average Bonchev–Trinajstić information content (AvgIpc) is 2.56. The molecule has 2 aromatic carbocycles. The minimum Gasteiger partial charge on any atom is -0.364 e. The van der Waals surface area contributed by atoms with Gasteiger partial charge in [0, 0.05) is 18.8 Å². The van der Waals surface area contributed by atoms with Crippen LogP contribution in [0.25, 0.3) is 6.08 Å². The fourth-order valence-corrected chi connectivity index (χ4v) is 3.00. The summed E-state index contributed by atoms with van der Waals surface area (Å²) in [7, 11) is 0. The van der Waals surface area contributed by atoms with Gasteiger partial charge in [-0.15, -0.1) is 0 Å². The monoisotopic (exact) mass is 278 g/mol. The van der Waals surface area contributed by atoms with Gasteiger partial charge in [0.1, 0.15) is 0 Å². The van der Waals surface area contributed by atoms with Crippen molar-refractivity contribution in [3.05, 3.63) is 71.8 Å². The molecule has 2 N–H and O–H groups in total. The summed E-state index contributed by atoms with van der Waals surface area (Å²) in [6.07, 6.45) is 6.78. The van der Waals surface area contributed by atoms with E-state index in [1.807, 2.05) is 6.07 Å². The average molecular weight is 278 g/mol. The number of hydrogen-bond acceptors (Lipinski definition) is 2. The van der Waals surface area contributed by atoms with Crippen LogP contribution in [0.3, 0.4) is 0 Å². The molecule has 0 spiro atoms. The van der Waals surface area contributed by atoms with Crippen molar-refractivity contribution in [2.45, 2.75) is 18.9 Å². The number of nitrogens with zero attached hydrogens (tertiary/aromatic N) is 1. The zero-order valence-corrected chi connectivity index (χ0v) is 12.3. The second-order valence-electron chi connectivity index (χ2n) is 5.50. The zero-order valence-electron chi connectivity index (χ0n) is 12.3. The molecule has 21 heavy (non-hydrogen) atoms. The van der Waals surface area contributed by atoms with Crippen molar-refractivity contribution in [2.75, 3.05) is 18.0 Å². The molecule has 1 atom stereocenters. The Kier molecular flexibility index (Phi) is 4.37. The molecule has 0 amide bonds. The number of hydrogen-bond donors (Lipinski definition) is 1. The normalized spacial score (nSPS) is 16.0. The Hall–Kier alpha value is -2.06. The summed E-state index contributed by atoms with van der Waals surface area (Å²) in [5.74, 6) is 0. The summed E-state index contributed by atoms with van der Waals surface area (Å²) in [5.41, 5.74) is 10.0. The van der Waals surface area contributed by atoms with Gasteiger partial charge in [-0.1, -0.05) is 60.7 Å². The van der Waals surface area contributed by atoms with Crippen molar-refractivity contribution in [3.8, 4) is 0 Å². The standard InChI is InChI=1S/C19H22N2/c20-15-18(13-12-16-7-2-1-3-8-16)21-14-6-10-17-9-4-5-11-19(17)21/h1-5,7-9,11-13,18H,6,10,14-15,20H2/b13-12-. The topological polar surface area (TPSA) is 29.3 Å². The van der Waals surface area contributed by atoms with Gasteiger partial charge in [-0.3, -0.25) is 0 Å². The molecule has 2 heteroatoms. The van der Waals surface area contributed by atoms with Crippen LogP contribution < -0.4 is 10.6 Å². The van der Waals surface area contributed by atoms with Gasteiger partial charge in [0.25, 0.3) is 0 Å². The lowest BCUT2D eigenvalue weighted by molar-refractivity contribution is 0.633. The molecule has 0 aliphatic carbocycles. The largest absolute Gasteiger partial charge is 0.364 e. The van der Waals surface area contributed by atoms with E-state index in [1.54, 1.807) is 0 Å². The summed E-state index contributed by atoms with van der Waals surface area (Å²) >= 11 is 0. The number of fused-ring (bicyclic) bond motifs is 1. The summed E-state index contributed by atoms with van der Waals surface area (Å²) in [4.78, 5) is 2.44. The molecule has 108 valence electrons. The second kappa shape index (κ2) is 6.59. The van der Waals surface area contributed by atoms with Crippen molar-refractivity contribution in [1.82, 2.24) is 0 Å². The van der Waals surface area contributed by atoms with Gasteiger partial charge >= 0.3 is 0 Å². The molecular formula is C19H22N2. The molecule has 0 saturated heterocycles. The molecule has 3 rings (SSSR count). The Morgan fingerprint density at radius 3 is 2.62 bits per heavy atom. The number of para-hydroxylation sites is 1. The highest BCUT2D eigenvalue weighted by molar-refractivity contribution is 5.59. The van der Waals surface area contributed by atoms with Crippen LogP contribution in [0.2, 0.25) is 0 Å². The lowest BCUT2D eigenvalue weighted by Gasteiger charge is -2.36. The predicted octanol–water partition coefficient (Wildman–Crippen LogP) is 3.48. The molecule has 2 aromatic rings. The first kappa shape index (κ1) is 13.9. The van der Waals surface area contributed by atoms with Crippen molar-refractivity contribution >= 4 is 11.8 Å². The summed E-state index contributed by atoms with van der Waals surface area (Å²) in [5, 5.41) is 0. The lowest BCUT2D eigenvalue weighted by Crippen LogP contribution is -2.42. The van der Waals surface area contributed by atoms with Gasteiger partial charge in [0.05, 0.1) is 6.04 Å². The molecular weight excluding hydrogens is 256 g/mol. The second-order valence-corrected chi connectivity index (χ2v) is 5.50. The van der Waals surface area contributed by atoms with Crippen LogP contribution in [-0.2, 0) is 6.42 Å². The molecule has 1 aliphatic heterocycles. The maximum atomic E-state index is 6.03. The Balaban J connectivity index is 1.83. The first-order valence-corrected chi connectivity index (χ1v) is 7.66. The molecule has 1 aliphatic rings. The molecule has 0 saturated carbocycles. The lowest BCUT2D eigenvalue weighted by atomic mass is 9.99. The van der Waals surface area contributed by atoms with E-state index in [0.29, 0.717) is 6.54 Å². The quantitative estimate of drug-likeness (QED) is 0.927. The molecule has 0 aromatic heterocycles. The third-order valence-corrected chi connectivity index (χ3v) is 4.10. The highest BCUT2D eigenvalue weighted by atomic mass is 15.2. The number of anilines is 1. The fourth-order valence-electron chi connectivity index (χ4n) is 3.00. The van der Waals surface area contributed by atoms with Crippen LogP contribution in [-0.4, -0.2) is 19.1 Å². The Bertz CT molecular complexity index is 604. The van der Waals surface area contributed by atoms with Crippen LogP contribution in [0, 0.1) is 0 Å². The third-order valence-electron chi connectivity index (χ3n) is 4.10. The van der Waals surface area contributed by atoms with Crippen LogP contribution in [0.5, 0.6) is 0 Å². The summed E-state index contributed by atoms with van der Waals surface area (Å²) in [6.45, 7) is 1.72. The van der Waals surface area contributed by atoms with Crippen LogP contribution in [0.1, 0.15) is 17.5 Å². The first-order chi connectivity index (χ1) is 10.4. The Morgan fingerprint density at radius 1 is 1.05 bits per heavy atom. The molecule has 0 fully saturated rings. The van der Waals surface area contributed by atoms with E-state index in [4.69, 9.17) is 5.73 Å². The number of nitrogens with two attached hydrogens (primary N) is 1. The van der Waals surface area contributed by atoms with Crippen LogP contribution in [0.4, 0.5) is 5.69 Å². The van der Waals surface area contributed by atoms with Gasteiger partial charge in [0.2, 0.25) is 0 Å². The van der Waals surface area contributed by atoms with E-state index < -0.39 is 0 Å². The van der Waals surface area contributed by atoms with Gasteiger partial charge in [0.15, 0.2) is 0 Å². The molecule has 1 heterocycles. The fraction of sp³-hybridized carbons (Fsp3) is 0.263. The minimum atomic E-state index is 0.256. The van der Waals surface area contributed by atoms with E-state index >= 15 is 0 Å². The maximum absolute atomic E-state index is 6.03. The minimum absolute atomic E-state index is 0.256. The highest BCUT2D eigenvalue weighted by Gasteiger charge is 2.21. The Morgan fingerprint density at radius 2 is 1.81 bits per heavy atom. The first-order valence-electron chi connectivity index (χ1n) is 7.66. The maximum Gasteiger partial charge on any atom is 0.0598 e. The predicted molar refractivity (Wildman–Crippen MR) is 90.4 cm³/mol. The molecule has 0 radical (unpaired) electrons. The van der Waals surface area contributed by atoms with Gasteiger partial charge in [-0.25, -0.2) is 0 Å². The SMILES string of the molecule is NCC(/C=C\c1ccccc1)N1CCCc2ccccc21. The Labute approximate surface area is 126 Å². The van der Waals surface area contributed by atoms with Gasteiger partial charge < -0.3 is 10.6 Å². The van der Waals surface area contributed by atoms with Crippen molar-refractivity contribution in [3.63, 3.8) is 0 Å².